The van der Waals surface area contributed by atoms with E-state index < -0.39 is 0 Å². The number of aromatic nitrogens is 3. The van der Waals surface area contributed by atoms with Crippen LogP contribution in [0.5, 0.6) is 0 Å². The van der Waals surface area contributed by atoms with Crippen LogP contribution in [0.4, 0.5) is 5.82 Å². The summed E-state index contributed by atoms with van der Waals surface area (Å²) >= 11 is 3.41. The van der Waals surface area contributed by atoms with Gasteiger partial charge in [-0.1, -0.05) is 28.1 Å². The van der Waals surface area contributed by atoms with Crippen molar-refractivity contribution >= 4 is 32.8 Å². The van der Waals surface area contributed by atoms with E-state index in [-0.39, 0.29) is 0 Å². The largest absolute Gasteiger partial charge is 0.363 e. The van der Waals surface area contributed by atoms with E-state index in [1.807, 2.05) is 36.4 Å². The van der Waals surface area contributed by atoms with Gasteiger partial charge in [-0.3, -0.25) is 0 Å². The Balaban J connectivity index is 1.76. The number of nitrogens with one attached hydrogen (secondary N) is 2. The maximum atomic E-state index is 4.49. The second kappa shape index (κ2) is 4.78. The van der Waals surface area contributed by atoms with Crippen LogP contribution in [0.3, 0.4) is 0 Å². The molecule has 4 nitrogen and oxygen atoms in total. The minimum atomic E-state index is 0.623. The molecule has 5 heteroatoms. The quantitative estimate of drug-likeness (QED) is 0.780. The van der Waals surface area contributed by atoms with Gasteiger partial charge in [0.15, 0.2) is 0 Å². The summed E-state index contributed by atoms with van der Waals surface area (Å²) in [5, 5.41) is 3.23. The van der Waals surface area contributed by atoms with Crippen LogP contribution in [0.25, 0.3) is 11.0 Å². The topological polar surface area (TPSA) is 53.6 Å². The Hall–Kier alpha value is -1.88. The number of benzene rings is 1. The number of fused-ring (bicyclic) bond motifs is 1. The first-order chi connectivity index (χ1) is 8.81. The summed E-state index contributed by atoms with van der Waals surface area (Å²) in [4.78, 5) is 12.0. The van der Waals surface area contributed by atoms with Crippen molar-refractivity contribution in [3.05, 3.63) is 52.9 Å². The van der Waals surface area contributed by atoms with Gasteiger partial charge in [0.05, 0.1) is 17.6 Å². The zero-order valence-corrected chi connectivity index (χ0v) is 11.1. The van der Waals surface area contributed by atoms with Crippen molar-refractivity contribution in [3.63, 3.8) is 0 Å². The first kappa shape index (κ1) is 11.2. The predicted octanol–water partition coefficient (Wildman–Crippen LogP) is 3.33. The zero-order chi connectivity index (χ0) is 12.4. The number of hydrogen-bond acceptors (Lipinski definition) is 3. The molecule has 2 heterocycles. The summed E-state index contributed by atoms with van der Waals surface area (Å²) in [6, 6.07) is 11.8. The van der Waals surface area contributed by atoms with Gasteiger partial charge >= 0.3 is 0 Å². The van der Waals surface area contributed by atoms with E-state index in [9.17, 15) is 0 Å². The smallest absolute Gasteiger partial charge is 0.127 e. The van der Waals surface area contributed by atoms with Crippen molar-refractivity contribution in [3.8, 4) is 0 Å². The fraction of sp³-hybridized carbons (Fsp3) is 0.0769. The summed E-state index contributed by atoms with van der Waals surface area (Å²) in [6.07, 6.45) is 1.76. The highest BCUT2D eigenvalue weighted by Crippen LogP contribution is 2.14. The van der Waals surface area contributed by atoms with Crippen molar-refractivity contribution in [2.75, 3.05) is 5.32 Å². The van der Waals surface area contributed by atoms with E-state index in [0.29, 0.717) is 6.54 Å². The molecule has 3 rings (SSSR count). The molecule has 0 fully saturated rings. The van der Waals surface area contributed by atoms with E-state index in [0.717, 1.165) is 27.1 Å². The molecule has 0 aliphatic carbocycles. The third-order valence-electron chi connectivity index (χ3n) is 2.60. The first-order valence-corrected chi connectivity index (χ1v) is 6.39. The fourth-order valence-corrected chi connectivity index (χ4v) is 2.10. The molecule has 1 aromatic carbocycles. The van der Waals surface area contributed by atoms with Gasteiger partial charge in [-0.2, -0.15) is 0 Å². The van der Waals surface area contributed by atoms with Crippen LogP contribution in [0.15, 0.2) is 47.1 Å². The lowest BCUT2D eigenvalue weighted by atomic mass is 10.3. The summed E-state index contributed by atoms with van der Waals surface area (Å²) in [5.74, 6) is 1.72. The van der Waals surface area contributed by atoms with Crippen molar-refractivity contribution in [1.82, 2.24) is 15.0 Å². The van der Waals surface area contributed by atoms with Gasteiger partial charge in [0.2, 0.25) is 0 Å². The highest BCUT2D eigenvalue weighted by atomic mass is 79.9. The van der Waals surface area contributed by atoms with Crippen LogP contribution < -0.4 is 5.32 Å². The summed E-state index contributed by atoms with van der Waals surface area (Å²) in [7, 11) is 0. The van der Waals surface area contributed by atoms with E-state index >= 15 is 0 Å². The average molecular weight is 303 g/mol. The molecule has 2 N–H and O–H groups in total. The van der Waals surface area contributed by atoms with E-state index in [4.69, 9.17) is 0 Å². The number of halogens is 1. The minimum absolute atomic E-state index is 0.623. The Kier molecular flexibility index (Phi) is 2.98. The van der Waals surface area contributed by atoms with E-state index in [1.165, 1.54) is 0 Å². The van der Waals surface area contributed by atoms with Gasteiger partial charge in [0.25, 0.3) is 0 Å². The third kappa shape index (κ3) is 2.36. The van der Waals surface area contributed by atoms with Crippen LogP contribution in [0, 0.1) is 0 Å². The molecule has 0 unspecified atom stereocenters. The fourth-order valence-electron chi connectivity index (χ4n) is 1.77. The maximum absolute atomic E-state index is 4.49. The monoisotopic (exact) mass is 302 g/mol. The minimum Gasteiger partial charge on any atom is -0.363 e. The first-order valence-electron chi connectivity index (χ1n) is 5.60. The molecule has 0 aliphatic rings. The van der Waals surface area contributed by atoms with Gasteiger partial charge in [0, 0.05) is 10.7 Å². The number of hydrogen-bond donors (Lipinski definition) is 2. The van der Waals surface area contributed by atoms with Crippen LogP contribution in [0.2, 0.25) is 0 Å². The SMILES string of the molecule is Brc1ccnc(NCc2nc3ccccc3[nH]2)c1. The number of anilines is 1. The molecule has 0 amide bonds. The molecule has 18 heavy (non-hydrogen) atoms. The number of pyridine rings is 1. The normalized spacial score (nSPS) is 10.7. The summed E-state index contributed by atoms with van der Waals surface area (Å²) < 4.78 is 1.00. The third-order valence-corrected chi connectivity index (χ3v) is 3.09. The second-order valence-corrected chi connectivity index (χ2v) is 4.83. The second-order valence-electron chi connectivity index (χ2n) is 3.91. The predicted molar refractivity (Wildman–Crippen MR) is 75.4 cm³/mol. The maximum Gasteiger partial charge on any atom is 0.127 e. The number of para-hydroxylation sites is 2. The van der Waals surface area contributed by atoms with Crippen molar-refractivity contribution < 1.29 is 0 Å². The van der Waals surface area contributed by atoms with Gasteiger partial charge in [-0.25, -0.2) is 9.97 Å². The van der Waals surface area contributed by atoms with Crippen molar-refractivity contribution in [1.29, 1.82) is 0 Å². The lowest BCUT2D eigenvalue weighted by Crippen LogP contribution is -2.02. The lowest BCUT2D eigenvalue weighted by Gasteiger charge is -2.02. The highest BCUT2D eigenvalue weighted by Gasteiger charge is 2.02. The zero-order valence-electron chi connectivity index (χ0n) is 9.52. The molecule has 0 atom stereocenters. The number of imidazole rings is 1. The lowest BCUT2D eigenvalue weighted by molar-refractivity contribution is 0.997. The van der Waals surface area contributed by atoms with E-state index in [1.54, 1.807) is 6.20 Å². The Morgan fingerprint density at radius 1 is 1.22 bits per heavy atom. The van der Waals surface area contributed by atoms with Gasteiger partial charge in [-0.05, 0) is 24.3 Å². The summed E-state index contributed by atoms with van der Waals surface area (Å²) in [5.41, 5.74) is 2.04. The standard InChI is InChI=1S/C13H11BrN4/c14-9-5-6-15-12(7-9)16-8-13-17-10-3-1-2-4-11(10)18-13/h1-7H,8H2,(H,15,16)(H,17,18). The molecule has 0 bridgehead atoms. The Morgan fingerprint density at radius 3 is 2.94 bits per heavy atom. The molecule has 3 aromatic rings. The molecule has 0 radical (unpaired) electrons. The molecule has 0 spiro atoms. The van der Waals surface area contributed by atoms with E-state index in [2.05, 4.69) is 36.2 Å². The summed E-state index contributed by atoms with van der Waals surface area (Å²) in [6.45, 7) is 0.623. The molecule has 0 saturated carbocycles. The number of nitrogens with zero attached hydrogens (tertiary/aromatic N) is 2. The van der Waals surface area contributed by atoms with Crippen LogP contribution in [-0.2, 0) is 6.54 Å². The molecule has 0 saturated heterocycles. The highest BCUT2D eigenvalue weighted by molar-refractivity contribution is 9.10. The van der Waals surface area contributed by atoms with Crippen LogP contribution in [0.1, 0.15) is 5.82 Å². The number of aromatic amines is 1. The molecular formula is C13H11BrN4. The number of H-pyrrole nitrogens is 1. The van der Waals surface area contributed by atoms with Gasteiger partial charge < -0.3 is 10.3 Å². The molecule has 90 valence electrons. The number of rotatable bonds is 3. The van der Waals surface area contributed by atoms with Crippen molar-refractivity contribution in [2.45, 2.75) is 6.54 Å². The van der Waals surface area contributed by atoms with Crippen LogP contribution in [-0.4, -0.2) is 15.0 Å². The Labute approximate surface area is 113 Å². The molecule has 2 aromatic heterocycles. The Morgan fingerprint density at radius 2 is 2.11 bits per heavy atom. The van der Waals surface area contributed by atoms with Gasteiger partial charge in [-0.15, -0.1) is 0 Å². The molecule has 0 aliphatic heterocycles. The van der Waals surface area contributed by atoms with Gasteiger partial charge in [0.1, 0.15) is 11.6 Å². The average Bonchev–Trinajstić information content (AvgIpc) is 2.79. The van der Waals surface area contributed by atoms with Crippen LogP contribution >= 0.6 is 15.9 Å². The van der Waals surface area contributed by atoms with Crippen molar-refractivity contribution in [2.24, 2.45) is 0 Å². The molecular weight excluding hydrogens is 292 g/mol. The Bertz CT molecular complexity index is 644.